The lowest BCUT2D eigenvalue weighted by molar-refractivity contribution is -0.143. The van der Waals surface area contributed by atoms with Crippen molar-refractivity contribution >= 4 is 63.2 Å². The molecular weight excluding hydrogens is 1140 g/mol. The molecule has 0 saturated heterocycles. The third-order valence-electron chi connectivity index (χ3n) is 12.7. The maximum absolute atomic E-state index is 15.6. The molecule has 1 fully saturated rings. The molecule has 1 saturated carbocycles. The Bertz CT molecular complexity index is 3650. The fourth-order valence-corrected chi connectivity index (χ4v) is 10.3. The number of hydrogen-bond donors (Lipinski definition) is 4. The van der Waals surface area contributed by atoms with Crippen molar-refractivity contribution in [3.63, 3.8) is 0 Å². The maximum Gasteiger partial charge on any atom is 0.524 e. The number of rotatable bonds is 16. The Hall–Kier alpha value is -6.41. The van der Waals surface area contributed by atoms with Gasteiger partial charge >= 0.3 is 20.2 Å². The minimum absolute atomic E-state index is 0.103. The molecule has 78 heavy (non-hydrogen) atoms. The van der Waals surface area contributed by atoms with Gasteiger partial charge in [-0.3, -0.25) is 33.3 Å². The normalized spacial score (nSPS) is 16.9. The summed E-state index contributed by atoms with van der Waals surface area (Å²) in [5, 5.41) is 9.17. The number of amides is 2. The van der Waals surface area contributed by atoms with E-state index in [1.807, 2.05) is 0 Å². The quantitative estimate of drug-likeness (QED) is 0.0308. The zero-order valence-corrected chi connectivity index (χ0v) is 43.4. The summed E-state index contributed by atoms with van der Waals surface area (Å²) < 4.78 is 211. The van der Waals surface area contributed by atoms with Crippen molar-refractivity contribution < 1.29 is 89.5 Å². The van der Waals surface area contributed by atoms with E-state index in [1.54, 1.807) is 0 Å². The van der Waals surface area contributed by atoms with Crippen LogP contribution in [0.4, 0.5) is 43.9 Å². The lowest BCUT2D eigenvalue weighted by Crippen LogP contribution is -2.35. The van der Waals surface area contributed by atoms with Crippen molar-refractivity contribution in [3.05, 3.63) is 129 Å². The van der Waals surface area contributed by atoms with Gasteiger partial charge in [0, 0.05) is 40.3 Å². The van der Waals surface area contributed by atoms with Gasteiger partial charge in [-0.1, -0.05) is 35.7 Å². The van der Waals surface area contributed by atoms with Gasteiger partial charge in [0.05, 0.1) is 40.9 Å². The number of carbonyl (C=O) groups is 2. The van der Waals surface area contributed by atoms with E-state index < -0.39 is 160 Å². The topological polar surface area (TPSA) is 236 Å². The third-order valence-corrected chi connectivity index (χ3v) is 16.1. The van der Waals surface area contributed by atoms with Gasteiger partial charge in [0.1, 0.15) is 46.6 Å². The van der Waals surface area contributed by atoms with Crippen molar-refractivity contribution in [2.45, 2.75) is 87.7 Å². The molecule has 416 valence electrons. The van der Waals surface area contributed by atoms with Crippen LogP contribution in [0.5, 0.6) is 5.75 Å². The summed E-state index contributed by atoms with van der Waals surface area (Å²) in [5.41, 5.74) is -6.06. The van der Waals surface area contributed by atoms with Gasteiger partial charge in [-0.05, 0) is 92.1 Å². The van der Waals surface area contributed by atoms with Crippen molar-refractivity contribution in [3.8, 4) is 28.7 Å². The van der Waals surface area contributed by atoms with Crippen LogP contribution in [-0.4, -0.2) is 84.8 Å². The Morgan fingerprint density at radius 2 is 1.62 bits per heavy atom. The van der Waals surface area contributed by atoms with E-state index in [0.717, 1.165) is 48.7 Å². The van der Waals surface area contributed by atoms with Crippen LogP contribution in [0.25, 0.3) is 22.0 Å². The molecular formula is C47H39ClF10N7O10PS2. The highest BCUT2D eigenvalue weighted by molar-refractivity contribution is 7.92. The van der Waals surface area contributed by atoms with Gasteiger partial charge in [0.15, 0.2) is 15.5 Å². The minimum atomic E-state index is -5.23. The van der Waals surface area contributed by atoms with Gasteiger partial charge in [0.25, 0.3) is 17.2 Å². The molecule has 0 spiro atoms. The van der Waals surface area contributed by atoms with Gasteiger partial charge in [-0.2, -0.15) is 45.3 Å². The molecule has 2 unspecified atom stereocenters. The molecule has 0 aliphatic heterocycles. The predicted molar refractivity (Wildman–Crippen MR) is 257 cm³/mol. The van der Waals surface area contributed by atoms with Crippen LogP contribution in [0.3, 0.4) is 0 Å². The molecule has 3 heterocycles. The predicted octanol–water partition coefficient (Wildman–Crippen LogP) is 8.47. The molecule has 17 nitrogen and oxygen atoms in total. The molecule has 0 radical (unpaired) electrons. The summed E-state index contributed by atoms with van der Waals surface area (Å²) in [4.78, 5) is 50.6. The number of hydrogen-bond acceptors (Lipinski definition) is 10. The van der Waals surface area contributed by atoms with E-state index in [2.05, 4.69) is 36.9 Å². The second kappa shape index (κ2) is 20.7. The summed E-state index contributed by atoms with van der Waals surface area (Å²) in [5.74, 6) is -6.52. The second-order valence-electron chi connectivity index (χ2n) is 18.7. The maximum atomic E-state index is 15.6. The first-order valence-corrected chi connectivity index (χ1v) is 27.4. The van der Waals surface area contributed by atoms with E-state index in [0.29, 0.717) is 15.1 Å². The molecule has 2 amide bonds. The number of fused-ring (bicyclic) bond motifs is 4. The molecule has 8 rings (SSSR count). The summed E-state index contributed by atoms with van der Waals surface area (Å²) in [6.45, 7) is -1.76. The SMILES string of the molecule is CC(C)(C#Cc1ccc(-c2ccc(Cl)c3c(CN(C(=O)Cc4ccc(OP(=O)(O)O)cc4)S(=O)O)nn(CC(F)(F)F)c23)c(C(Cc2cc(F)cc(F)c2)NC(=O)Cn2nc(C(F)(F)F)c3c2C(F)(F)[C@@H]2C[C@H]32)n1)S(C)(=O)=O. The van der Waals surface area contributed by atoms with Crippen molar-refractivity contribution in [2.24, 2.45) is 5.92 Å². The number of benzene rings is 3. The Morgan fingerprint density at radius 1 is 0.974 bits per heavy atom. The molecule has 4 atom stereocenters. The largest absolute Gasteiger partial charge is 0.524 e. The first-order chi connectivity index (χ1) is 36.0. The van der Waals surface area contributed by atoms with Crippen molar-refractivity contribution in [1.82, 2.24) is 34.2 Å². The van der Waals surface area contributed by atoms with Gasteiger partial charge < -0.3 is 9.84 Å². The number of phosphoric acid groups is 1. The van der Waals surface area contributed by atoms with Crippen molar-refractivity contribution in [1.29, 1.82) is 0 Å². The highest BCUT2D eigenvalue weighted by atomic mass is 35.5. The van der Waals surface area contributed by atoms with E-state index >= 15 is 8.78 Å². The molecule has 3 aromatic heterocycles. The molecule has 0 bridgehead atoms. The number of pyridine rings is 1. The van der Waals surface area contributed by atoms with Gasteiger partial charge in [-0.25, -0.2) is 35.3 Å². The Morgan fingerprint density at radius 3 is 2.21 bits per heavy atom. The molecule has 3 aromatic carbocycles. The summed E-state index contributed by atoms with van der Waals surface area (Å²) in [6, 6.07) is 9.44. The highest BCUT2D eigenvalue weighted by Gasteiger charge is 2.68. The fraction of sp³-hybridized carbons (Fsp3) is 0.340. The second-order valence-corrected chi connectivity index (χ2v) is 23.7. The van der Waals surface area contributed by atoms with Crippen LogP contribution < -0.4 is 9.84 Å². The summed E-state index contributed by atoms with van der Waals surface area (Å²) in [7, 11) is -8.90. The Kier molecular flexibility index (Phi) is 15.3. The zero-order valence-electron chi connectivity index (χ0n) is 40.1. The van der Waals surface area contributed by atoms with Crippen LogP contribution in [-0.2, 0) is 79.8 Å². The number of alkyl halides is 8. The molecule has 31 heteroatoms. The average molecular weight is 1180 g/mol. The number of nitrogens with zero attached hydrogens (tertiary/aromatic N) is 6. The molecule has 2 aliphatic rings. The summed E-state index contributed by atoms with van der Waals surface area (Å²) >= 11 is 3.47. The lowest BCUT2D eigenvalue weighted by atomic mass is 9.93. The minimum Gasteiger partial charge on any atom is -0.404 e. The first kappa shape index (κ1) is 57.8. The average Bonchev–Trinajstić information content (AvgIpc) is 3.46. The van der Waals surface area contributed by atoms with Gasteiger partial charge in [0.2, 0.25) is 11.8 Å². The fourth-order valence-electron chi connectivity index (χ4n) is 8.90. The molecule has 2 aliphatic carbocycles. The van der Waals surface area contributed by atoms with Crippen molar-refractivity contribution in [2.75, 3.05) is 6.26 Å². The summed E-state index contributed by atoms with van der Waals surface area (Å²) in [6.07, 6.45) is -11.1. The molecule has 6 aromatic rings. The zero-order chi connectivity index (χ0) is 57.4. The lowest BCUT2D eigenvalue weighted by Gasteiger charge is -2.23. The van der Waals surface area contributed by atoms with E-state index in [-0.39, 0.29) is 55.2 Å². The van der Waals surface area contributed by atoms with Crippen LogP contribution in [0, 0.1) is 29.4 Å². The monoisotopic (exact) mass is 1180 g/mol. The Labute approximate surface area is 442 Å². The number of halogens is 11. The number of carbonyl (C=O) groups excluding carboxylic acids is 2. The first-order valence-electron chi connectivity index (χ1n) is 22.6. The number of aromatic nitrogens is 5. The van der Waals surface area contributed by atoms with Crippen LogP contribution in [0.1, 0.15) is 77.4 Å². The van der Waals surface area contributed by atoms with E-state index in [1.165, 1.54) is 32.0 Å². The number of sulfone groups is 1. The molecule has 4 N–H and O–H groups in total. The standard InChI is InChI=1S/C47H39ClF10N7O10PS2/c1-44(2,78(3,73)74)13-12-27-6-9-29(40(59-27)34(16-24-14-25(49)18-26(50)15-24)60-36(66)21-63-43-38(42(62-63)47(56,57)58)31-19-32(31)46(43,54)55)30-10-11-33(48)39-35(61-64(41(30)39)22-45(51,52)53)20-65(77(71)72)37(67)17-23-4-7-28(8-5-23)75-76(68,69)70/h4-11,14-15,18,31-32,34H,16-17,19-22H2,1-3H3,(H,60,66)(H,71,72)(H2,68,69,70)/t31-,32+,34?/m0/s1. The highest BCUT2D eigenvalue weighted by Crippen LogP contribution is 2.68. The number of phosphoric ester groups is 1. The van der Waals surface area contributed by atoms with Gasteiger partial charge in [-0.15, -0.1) is 0 Å². The smallest absolute Gasteiger partial charge is 0.404 e. The van der Waals surface area contributed by atoms with E-state index in [4.69, 9.17) is 21.4 Å². The third kappa shape index (κ3) is 12.4. The van der Waals surface area contributed by atoms with E-state index in [9.17, 15) is 66.5 Å². The Balaban J connectivity index is 1.29. The number of nitrogens with one attached hydrogen (secondary N) is 1. The van der Waals surface area contributed by atoms with Crippen LogP contribution >= 0.6 is 19.4 Å². The van der Waals surface area contributed by atoms with Crippen LogP contribution in [0.15, 0.2) is 66.7 Å². The van der Waals surface area contributed by atoms with Crippen LogP contribution in [0.2, 0.25) is 5.02 Å².